The van der Waals surface area contributed by atoms with Crippen molar-refractivity contribution in [3.63, 3.8) is 0 Å². The van der Waals surface area contributed by atoms with Crippen molar-refractivity contribution in [3.8, 4) is 0 Å². The Bertz CT molecular complexity index is 600. The zero-order valence-electron chi connectivity index (χ0n) is 12.8. The maximum Gasteiger partial charge on any atom is 0.328 e. The topological polar surface area (TPSA) is 66.4 Å². The van der Waals surface area contributed by atoms with Gasteiger partial charge in [-0.15, -0.1) is 0 Å². The summed E-state index contributed by atoms with van der Waals surface area (Å²) in [5, 5.41) is 11.7. The van der Waals surface area contributed by atoms with Crippen LogP contribution in [0.2, 0.25) is 0 Å². The van der Waals surface area contributed by atoms with Crippen LogP contribution < -0.4 is 5.32 Å². The van der Waals surface area contributed by atoms with Crippen LogP contribution in [-0.2, 0) is 4.79 Å². The summed E-state index contributed by atoms with van der Waals surface area (Å²) in [6.45, 7) is 8.57. The highest BCUT2D eigenvalue weighted by Gasteiger charge is 2.65. The Kier molecular flexibility index (Phi) is 3.66. The molecular formula is C17H21NO3. The zero-order valence-corrected chi connectivity index (χ0v) is 12.8. The van der Waals surface area contributed by atoms with E-state index >= 15 is 0 Å². The van der Waals surface area contributed by atoms with Crippen LogP contribution >= 0.6 is 0 Å². The summed E-state index contributed by atoms with van der Waals surface area (Å²) < 4.78 is 0. The molecule has 4 nitrogen and oxygen atoms in total. The minimum atomic E-state index is -1.01. The average molecular weight is 287 g/mol. The molecule has 1 aromatic carbocycles. The van der Waals surface area contributed by atoms with Crippen LogP contribution in [0.4, 0.5) is 0 Å². The molecule has 1 fully saturated rings. The fourth-order valence-corrected chi connectivity index (χ4v) is 2.72. The monoisotopic (exact) mass is 287 g/mol. The predicted molar refractivity (Wildman–Crippen MR) is 81.9 cm³/mol. The van der Waals surface area contributed by atoms with E-state index in [0.29, 0.717) is 11.1 Å². The maximum absolute atomic E-state index is 12.3. The first-order valence-corrected chi connectivity index (χ1v) is 6.98. The lowest BCUT2D eigenvalue weighted by Crippen LogP contribution is -2.29. The molecule has 0 radical (unpaired) electrons. The second-order valence-electron chi connectivity index (χ2n) is 6.65. The van der Waals surface area contributed by atoms with Crippen molar-refractivity contribution in [3.05, 3.63) is 41.5 Å². The van der Waals surface area contributed by atoms with E-state index in [4.69, 9.17) is 5.11 Å². The number of nitrogens with one attached hydrogen (secondary N) is 1. The van der Waals surface area contributed by atoms with Crippen molar-refractivity contribution in [2.75, 3.05) is 0 Å². The largest absolute Gasteiger partial charge is 0.478 e. The summed E-state index contributed by atoms with van der Waals surface area (Å²) >= 11 is 0. The van der Waals surface area contributed by atoms with Crippen LogP contribution in [0.25, 0.3) is 6.08 Å². The Morgan fingerprint density at radius 2 is 1.81 bits per heavy atom. The van der Waals surface area contributed by atoms with Crippen LogP contribution in [0, 0.1) is 10.8 Å². The molecule has 1 aliphatic carbocycles. The number of rotatable bonds is 4. The Morgan fingerprint density at radius 1 is 1.19 bits per heavy atom. The molecule has 1 aliphatic rings. The van der Waals surface area contributed by atoms with Gasteiger partial charge in [0.05, 0.1) is 0 Å². The third-order valence-corrected chi connectivity index (χ3v) is 4.86. The van der Waals surface area contributed by atoms with Gasteiger partial charge in [-0.1, -0.05) is 39.8 Å². The first kappa shape index (κ1) is 15.3. The van der Waals surface area contributed by atoms with Crippen LogP contribution in [-0.4, -0.2) is 23.0 Å². The van der Waals surface area contributed by atoms with Gasteiger partial charge in [0.1, 0.15) is 0 Å². The summed E-state index contributed by atoms with van der Waals surface area (Å²) in [6, 6.07) is 7.09. The quantitative estimate of drug-likeness (QED) is 0.837. The molecule has 1 amide bonds. The maximum atomic E-state index is 12.3. The highest BCUT2D eigenvalue weighted by molar-refractivity contribution is 5.95. The van der Waals surface area contributed by atoms with E-state index in [1.165, 1.54) is 6.08 Å². The fraction of sp³-hybridized carbons (Fsp3) is 0.412. The molecule has 0 unspecified atom stereocenters. The summed E-state index contributed by atoms with van der Waals surface area (Å²) in [6.07, 6.45) is 2.54. The van der Waals surface area contributed by atoms with Crippen LogP contribution in [0.5, 0.6) is 0 Å². The van der Waals surface area contributed by atoms with Crippen molar-refractivity contribution >= 4 is 18.0 Å². The molecule has 2 N–H and O–H groups in total. The van der Waals surface area contributed by atoms with E-state index in [0.717, 1.165) is 6.08 Å². The van der Waals surface area contributed by atoms with E-state index in [1.807, 2.05) is 0 Å². The molecule has 0 spiro atoms. The van der Waals surface area contributed by atoms with Gasteiger partial charge in [-0.05, 0) is 34.6 Å². The van der Waals surface area contributed by atoms with Gasteiger partial charge in [0, 0.05) is 17.7 Å². The Hall–Kier alpha value is -2.10. The third kappa shape index (κ3) is 2.84. The van der Waals surface area contributed by atoms with Crippen LogP contribution in [0.3, 0.4) is 0 Å². The molecule has 0 aliphatic heterocycles. The molecular weight excluding hydrogens is 266 g/mol. The zero-order chi connectivity index (χ0) is 15.8. The second kappa shape index (κ2) is 5.02. The van der Waals surface area contributed by atoms with Crippen molar-refractivity contribution in [2.45, 2.75) is 33.7 Å². The van der Waals surface area contributed by atoms with E-state index < -0.39 is 5.97 Å². The molecule has 0 atom stereocenters. The Balaban J connectivity index is 2.11. The highest BCUT2D eigenvalue weighted by Crippen LogP contribution is 2.62. The van der Waals surface area contributed by atoms with E-state index in [-0.39, 0.29) is 22.8 Å². The van der Waals surface area contributed by atoms with Gasteiger partial charge in [0.2, 0.25) is 0 Å². The summed E-state index contributed by atoms with van der Waals surface area (Å²) in [5.74, 6) is -1.13. The molecule has 2 rings (SSSR count). The number of carboxylic acid groups (broad SMARTS) is 1. The Morgan fingerprint density at radius 3 is 2.33 bits per heavy atom. The van der Waals surface area contributed by atoms with E-state index in [1.54, 1.807) is 24.3 Å². The van der Waals surface area contributed by atoms with Crippen molar-refractivity contribution in [1.29, 1.82) is 0 Å². The summed E-state index contributed by atoms with van der Waals surface area (Å²) in [4.78, 5) is 22.8. The van der Waals surface area contributed by atoms with Crippen molar-refractivity contribution in [1.82, 2.24) is 5.32 Å². The number of amides is 1. The smallest absolute Gasteiger partial charge is 0.328 e. The number of carboxylic acids is 1. The molecule has 0 heterocycles. The van der Waals surface area contributed by atoms with Crippen molar-refractivity contribution in [2.24, 2.45) is 10.8 Å². The highest BCUT2D eigenvalue weighted by atomic mass is 16.4. The number of aliphatic carboxylic acids is 1. The van der Waals surface area contributed by atoms with Gasteiger partial charge in [-0.3, -0.25) is 4.79 Å². The normalized spacial score (nSPS) is 19.4. The van der Waals surface area contributed by atoms with Gasteiger partial charge < -0.3 is 10.4 Å². The van der Waals surface area contributed by atoms with Gasteiger partial charge in [0.25, 0.3) is 5.91 Å². The summed E-state index contributed by atoms with van der Waals surface area (Å²) in [5.41, 5.74) is 1.41. The van der Waals surface area contributed by atoms with Crippen LogP contribution in [0.1, 0.15) is 43.6 Å². The molecule has 1 aromatic rings. The van der Waals surface area contributed by atoms with E-state index in [9.17, 15) is 9.59 Å². The SMILES string of the molecule is CC1(C)C(NC(=O)c2cccc(C=CC(=O)O)c2)C1(C)C. The van der Waals surface area contributed by atoms with Crippen molar-refractivity contribution < 1.29 is 14.7 Å². The molecule has 112 valence electrons. The van der Waals surface area contributed by atoms with E-state index in [2.05, 4.69) is 33.0 Å². The van der Waals surface area contributed by atoms with Gasteiger partial charge in [-0.2, -0.15) is 0 Å². The number of benzene rings is 1. The molecule has 21 heavy (non-hydrogen) atoms. The molecule has 0 bridgehead atoms. The first-order valence-electron chi connectivity index (χ1n) is 6.98. The number of carbonyl (C=O) groups excluding carboxylic acids is 1. The molecule has 1 saturated carbocycles. The first-order chi connectivity index (χ1) is 9.66. The predicted octanol–water partition coefficient (Wildman–Crippen LogP) is 2.95. The lowest BCUT2D eigenvalue weighted by Gasteiger charge is -2.07. The van der Waals surface area contributed by atoms with Gasteiger partial charge in [0.15, 0.2) is 0 Å². The second-order valence-corrected chi connectivity index (χ2v) is 6.65. The summed E-state index contributed by atoms with van der Waals surface area (Å²) in [7, 11) is 0. The van der Waals surface area contributed by atoms with Gasteiger partial charge >= 0.3 is 5.97 Å². The molecule has 0 saturated heterocycles. The minimum absolute atomic E-state index is 0.0868. The number of hydrogen-bond donors (Lipinski definition) is 2. The standard InChI is InChI=1S/C17H21NO3/c1-16(2)15(17(16,3)4)18-14(21)12-7-5-6-11(10-12)8-9-13(19)20/h5-10,15H,1-4H3,(H,18,21)(H,19,20). The Labute approximate surface area is 124 Å². The lowest BCUT2D eigenvalue weighted by molar-refractivity contribution is -0.131. The minimum Gasteiger partial charge on any atom is -0.478 e. The van der Waals surface area contributed by atoms with Crippen LogP contribution in [0.15, 0.2) is 30.3 Å². The number of hydrogen-bond acceptors (Lipinski definition) is 2. The number of carbonyl (C=O) groups is 2. The van der Waals surface area contributed by atoms with Gasteiger partial charge in [-0.25, -0.2) is 4.79 Å². The molecule has 0 aromatic heterocycles. The molecule has 4 heteroatoms. The fourth-order valence-electron chi connectivity index (χ4n) is 2.72. The average Bonchev–Trinajstić information content (AvgIpc) is 2.79. The lowest BCUT2D eigenvalue weighted by atomic mass is 10.0. The third-order valence-electron chi connectivity index (χ3n) is 4.86.